The molecule has 0 spiro atoms. The summed E-state index contributed by atoms with van der Waals surface area (Å²) in [5.74, 6) is 1.16. The standard InChI is InChI=1S/C63H78N4O12/c1-4-65-34-79-50-29-48(76-22-20-64-2)41-14-15-42-55-47(66-61(74)58(50)57(41)55)28-49-56(42)59(72)44(33-78-49)37-25-51(75-3)60(73)52(26-37)77-32-39(31-69)63-30-38(62(18-8-5-9-19-62)67-53(70)16-17-54(67)71)27-43-35(11-10-21-68)23-36(24-46(43)63)40-12-6-7-13-45(40)63/h6-7,12-13,16-17,25-26,28-29,35-36,38-39,43-44,46,59,61,64-66,68-69,72-74H,4-5,8-11,14-15,18-24,27,30-34H2,1-3H3. The number of hydrogen-bond acceptors (Lipinski definition) is 15. The molecule has 3 heterocycles. The summed E-state index contributed by atoms with van der Waals surface area (Å²) in [4.78, 5) is 29.4. The molecule has 4 aromatic carbocycles. The van der Waals surface area contributed by atoms with Crippen LogP contribution in [0.4, 0.5) is 5.69 Å². The van der Waals surface area contributed by atoms with E-state index in [0.717, 1.165) is 80.0 Å². The van der Waals surface area contributed by atoms with E-state index in [2.05, 4.69) is 40.2 Å². The van der Waals surface area contributed by atoms with Crippen molar-refractivity contribution in [1.82, 2.24) is 15.5 Å². The van der Waals surface area contributed by atoms with Gasteiger partial charge in [0.05, 0.1) is 44.1 Å². The lowest BCUT2D eigenvalue weighted by molar-refractivity contribution is -0.156. The van der Waals surface area contributed by atoms with E-state index in [1.807, 2.05) is 26.1 Å². The molecular formula is C63H78N4O12. The van der Waals surface area contributed by atoms with Crippen molar-refractivity contribution >= 4 is 17.5 Å². The molecule has 2 bridgehead atoms. The number of aromatic hydroxyl groups is 1. The van der Waals surface area contributed by atoms with E-state index in [0.29, 0.717) is 96.8 Å². The van der Waals surface area contributed by atoms with Crippen LogP contribution < -0.4 is 39.6 Å². The maximum absolute atomic E-state index is 13.9. The van der Waals surface area contributed by atoms with Gasteiger partial charge in [0.25, 0.3) is 11.8 Å². The van der Waals surface area contributed by atoms with Crippen molar-refractivity contribution < 1.29 is 58.8 Å². The maximum atomic E-state index is 13.9. The summed E-state index contributed by atoms with van der Waals surface area (Å²) in [6.45, 7) is 4.03. The highest BCUT2D eigenvalue weighted by atomic mass is 16.5. The number of methoxy groups -OCH3 is 1. The van der Waals surface area contributed by atoms with Gasteiger partial charge >= 0.3 is 0 Å². The number of carbonyl (C=O) groups is 2. The predicted molar refractivity (Wildman–Crippen MR) is 297 cm³/mol. The number of nitrogens with one attached hydrogen (secondary N) is 3. The van der Waals surface area contributed by atoms with E-state index in [-0.39, 0.29) is 80.0 Å². The SMILES string of the molecule is CCNCOc1cc(OCCNC)c2c3c1C(O)Nc1cc4c(c(c1-3)CC2)C(O)C(c1cc(OC)c(O)c(OCC(CO)C23CC(C5(N6C(=O)C=CC6=O)CCCCC5)CC5C(CCCO)CC(CC52)c2ccccc23)c1)CO4. The fourth-order valence-corrected chi connectivity index (χ4v) is 16.7. The number of hydrogen-bond donors (Lipinski definition) is 8. The Morgan fingerprint density at radius 2 is 1.67 bits per heavy atom. The van der Waals surface area contributed by atoms with E-state index in [1.165, 1.54) is 30.4 Å². The van der Waals surface area contributed by atoms with Crippen LogP contribution in [0, 0.1) is 29.6 Å². The number of carbonyl (C=O) groups excluding carboxylic acids is 2. The van der Waals surface area contributed by atoms with Crippen molar-refractivity contribution in [3.63, 3.8) is 0 Å². The number of aliphatic hydroxyl groups excluding tert-OH is 4. The average Bonchev–Trinajstić information content (AvgIpc) is 3.90. The molecule has 16 nitrogen and oxygen atoms in total. The number of fused-ring (bicyclic) bond motifs is 6. The van der Waals surface area contributed by atoms with Gasteiger partial charge in [0.15, 0.2) is 17.7 Å². The summed E-state index contributed by atoms with van der Waals surface area (Å²) in [7, 11) is 3.36. The van der Waals surface area contributed by atoms with Crippen molar-refractivity contribution in [1.29, 1.82) is 0 Å². The monoisotopic (exact) mass is 1080 g/mol. The number of phenolic OH excluding ortho intramolecular Hbond substituents is 1. The van der Waals surface area contributed by atoms with Crippen molar-refractivity contribution in [2.75, 3.05) is 72.3 Å². The molecule has 422 valence electrons. The average molecular weight is 1080 g/mol. The number of likely N-dealkylation sites (N-methyl/N-ethyl adjacent to an activating group) is 1. The summed E-state index contributed by atoms with van der Waals surface area (Å²) >= 11 is 0. The number of amides is 2. The van der Waals surface area contributed by atoms with Crippen LogP contribution in [0.5, 0.6) is 34.5 Å². The highest BCUT2D eigenvalue weighted by molar-refractivity contribution is 6.13. The molecule has 79 heavy (non-hydrogen) atoms. The van der Waals surface area contributed by atoms with Gasteiger partial charge in [-0.2, -0.15) is 0 Å². The minimum Gasteiger partial charge on any atom is -0.502 e. The van der Waals surface area contributed by atoms with E-state index in [4.69, 9.17) is 23.7 Å². The van der Waals surface area contributed by atoms with Crippen LogP contribution in [-0.4, -0.2) is 115 Å². The zero-order chi connectivity index (χ0) is 54.7. The van der Waals surface area contributed by atoms with Gasteiger partial charge in [-0.25, -0.2) is 0 Å². The smallest absolute Gasteiger partial charge is 0.254 e. The van der Waals surface area contributed by atoms with Gasteiger partial charge in [-0.1, -0.05) is 50.5 Å². The topological polar surface area (TPSA) is 221 Å². The maximum Gasteiger partial charge on any atom is 0.254 e. The number of benzene rings is 4. The van der Waals surface area contributed by atoms with Crippen LogP contribution in [-0.2, 0) is 27.8 Å². The molecular weight excluding hydrogens is 1000 g/mol. The number of imide groups is 1. The number of rotatable bonds is 20. The molecule has 0 saturated heterocycles. The molecule has 8 aliphatic rings. The minimum absolute atomic E-state index is 0.0351. The number of ether oxygens (including phenoxy) is 5. The lowest BCUT2D eigenvalue weighted by Gasteiger charge is -2.65. The first-order chi connectivity index (χ1) is 38.5. The largest absolute Gasteiger partial charge is 0.502 e. The summed E-state index contributed by atoms with van der Waals surface area (Å²) < 4.78 is 32.1. The van der Waals surface area contributed by atoms with E-state index >= 15 is 0 Å². The van der Waals surface area contributed by atoms with E-state index < -0.39 is 35.1 Å². The Balaban J connectivity index is 0.907. The predicted octanol–water partition coefficient (Wildman–Crippen LogP) is 7.81. The fraction of sp³-hybridized carbons (Fsp3) is 0.556. The Bertz CT molecular complexity index is 2990. The van der Waals surface area contributed by atoms with Gasteiger partial charge in [0.2, 0.25) is 5.75 Å². The third kappa shape index (κ3) is 8.85. The molecule has 0 aromatic heterocycles. The first-order valence-corrected chi connectivity index (χ1v) is 29.2. The quantitative estimate of drug-likeness (QED) is 0.0240. The lowest BCUT2D eigenvalue weighted by Crippen LogP contribution is -2.65. The molecule has 10 atom stereocenters. The Morgan fingerprint density at radius 3 is 2.43 bits per heavy atom. The van der Waals surface area contributed by atoms with Crippen LogP contribution in [0.15, 0.2) is 60.7 Å². The van der Waals surface area contributed by atoms with Crippen LogP contribution in [0.25, 0.3) is 11.1 Å². The first-order valence-electron chi connectivity index (χ1n) is 29.2. The van der Waals surface area contributed by atoms with E-state index in [1.54, 1.807) is 17.0 Å². The molecule has 12 rings (SSSR count). The Labute approximate surface area is 462 Å². The second-order valence-electron chi connectivity index (χ2n) is 23.7. The van der Waals surface area contributed by atoms with Crippen LogP contribution >= 0.6 is 0 Å². The molecule has 3 fully saturated rings. The fourth-order valence-electron chi connectivity index (χ4n) is 16.7. The molecule has 8 N–H and O–H groups in total. The Kier molecular flexibility index (Phi) is 14.9. The zero-order valence-corrected chi connectivity index (χ0v) is 45.9. The normalized spacial score (nSPS) is 28.0. The van der Waals surface area contributed by atoms with Gasteiger partial charge in [-0.3, -0.25) is 19.8 Å². The third-order valence-corrected chi connectivity index (χ3v) is 20.1. The number of phenols is 1. The molecule has 0 radical (unpaired) electrons. The first kappa shape index (κ1) is 53.7. The summed E-state index contributed by atoms with van der Waals surface area (Å²) in [6, 6.07) is 15.9. The molecule has 3 aliphatic heterocycles. The van der Waals surface area contributed by atoms with Crippen LogP contribution in [0.2, 0.25) is 0 Å². The molecule has 5 aliphatic carbocycles. The van der Waals surface area contributed by atoms with Gasteiger partial charge in [0.1, 0.15) is 30.6 Å². The van der Waals surface area contributed by atoms with Gasteiger partial charge in [0, 0.05) is 82.6 Å². The van der Waals surface area contributed by atoms with Crippen molar-refractivity contribution in [2.45, 2.75) is 126 Å². The number of aliphatic hydroxyl groups is 4. The van der Waals surface area contributed by atoms with Gasteiger partial charge in [-0.05, 0) is 142 Å². The zero-order valence-electron chi connectivity index (χ0n) is 45.9. The molecule has 10 unspecified atom stereocenters. The molecule has 16 heteroatoms. The van der Waals surface area contributed by atoms with Gasteiger partial charge < -0.3 is 59.9 Å². The molecule has 3 saturated carbocycles. The van der Waals surface area contributed by atoms with Crippen molar-refractivity contribution in [3.05, 3.63) is 99.6 Å². The third-order valence-electron chi connectivity index (χ3n) is 20.1. The van der Waals surface area contributed by atoms with Crippen molar-refractivity contribution in [2.24, 2.45) is 29.6 Å². The van der Waals surface area contributed by atoms with Crippen LogP contribution in [0.3, 0.4) is 0 Å². The second kappa shape index (κ2) is 21.9. The summed E-state index contributed by atoms with van der Waals surface area (Å²) in [5, 5.41) is 68.5. The molecule has 4 aromatic rings. The Hall–Kier alpha value is -5.88. The highest BCUT2D eigenvalue weighted by Gasteiger charge is 2.64. The Morgan fingerprint density at radius 1 is 0.886 bits per heavy atom. The van der Waals surface area contributed by atoms with Crippen molar-refractivity contribution in [3.8, 4) is 45.6 Å². The minimum atomic E-state index is -1.08. The summed E-state index contributed by atoms with van der Waals surface area (Å²) in [6.07, 6.45) is 11.2. The number of anilines is 1. The van der Waals surface area contributed by atoms with Gasteiger partial charge in [-0.15, -0.1) is 0 Å². The second-order valence-corrected chi connectivity index (χ2v) is 23.7. The van der Waals surface area contributed by atoms with E-state index in [9.17, 15) is 35.1 Å². The number of nitrogens with zero attached hydrogens (tertiary/aromatic N) is 1. The summed E-state index contributed by atoms with van der Waals surface area (Å²) in [5.41, 5.74) is 7.31. The van der Waals surface area contributed by atoms with Crippen LogP contribution in [0.1, 0.15) is 141 Å². The molecule has 2 amide bonds. The highest BCUT2D eigenvalue weighted by Crippen LogP contribution is 2.68. The lowest BCUT2D eigenvalue weighted by atomic mass is 9.40.